The standard InChI is InChI=1S/C10H18N2O2/c1-3-4-12-6-8(10(13)14-2)5-9(11)7-12/h3,8-9H,1,4-7,11H2,2H3/t8-,9+/m1/s1. The van der Waals surface area contributed by atoms with Gasteiger partial charge in [-0.2, -0.15) is 0 Å². The van der Waals surface area contributed by atoms with Crippen molar-refractivity contribution in [1.29, 1.82) is 0 Å². The molecular weight excluding hydrogens is 180 g/mol. The van der Waals surface area contributed by atoms with Crippen molar-refractivity contribution in [2.24, 2.45) is 11.7 Å². The molecule has 0 aliphatic carbocycles. The van der Waals surface area contributed by atoms with E-state index in [1.54, 1.807) is 0 Å². The zero-order valence-corrected chi connectivity index (χ0v) is 8.61. The molecular formula is C10H18N2O2. The first-order chi connectivity index (χ1) is 6.67. The summed E-state index contributed by atoms with van der Waals surface area (Å²) in [4.78, 5) is 13.5. The van der Waals surface area contributed by atoms with E-state index in [-0.39, 0.29) is 17.9 Å². The van der Waals surface area contributed by atoms with Crippen LogP contribution in [0.25, 0.3) is 0 Å². The van der Waals surface area contributed by atoms with Crippen molar-refractivity contribution in [3.8, 4) is 0 Å². The fourth-order valence-corrected chi connectivity index (χ4v) is 1.90. The Hall–Kier alpha value is -0.870. The van der Waals surface area contributed by atoms with E-state index in [1.807, 2.05) is 6.08 Å². The number of ether oxygens (including phenoxy) is 1. The van der Waals surface area contributed by atoms with E-state index in [1.165, 1.54) is 7.11 Å². The SMILES string of the molecule is C=CCN1C[C@@H](N)C[C@@H](C(=O)OC)C1. The van der Waals surface area contributed by atoms with E-state index in [9.17, 15) is 4.79 Å². The number of hydrogen-bond acceptors (Lipinski definition) is 4. The number of nitrogens with two attached hydrogens (primary N) is 1. The lowest BCUT2D eigenvalue weighted by Gasteiger charge is -2.34. The van der Waals surface area contributed by atoms with E-state index in [0.29, 0.717) is 0 Å². The van der Waals surface area contributed by atoms with Gasteiger partial charge in [0.05, 0.1) is 13.0 Å². The maximum absolute atomic E-state index is 11.3. The maximum atomic E-state index is 11.3. The predicted molar refractivity (Wildman–Crippen MR) is 54.7 cm³/mol. The van der Waals surface area contributed by atoms with Crippen molar-refractivity contribution in [2.45, 2.75) is 12.5 Å². The summed E-state index contributed by atoms with van der Waals surface area (Å²) in [7, 11) is 1.42. The van der Waals surface area contributed by atoms with Crippen molar-refractivity contribution >= 4 is 5.97 Å². The molecule has 1 aliphatic heterocycles. The Morgan fingerprint density at radius 3 is 3.00 bits per heavy atom. The van der Waals surface area contributed by atoms with Gasteiger partial charge < -0.3 is 10.5 Å². The van der Waals surface area contributed by atoms with Crippen LogP contribution in [0.15, 0.2) is 12.7 Å². The summed E-state index contributed by atoms with van der Waals surface area (Å²) >= 11 is 0. The van der Waals surface area contributed by atoms with Crippen LogP contribution in [0.1, 0.15) is 6.42 Å². The second-order valence-corrected chi connectivity index (χ2v) is 3.72. The van der Waals surface area contributed by atoms with E-state index >= 15 is 0 Å². The average Bonchev–Trinajstić information content (AvgIpc) is 2.16. The molecule has 80 valence electrons. The second-order valence-electron chi connectivity index (χ2n) is 3.72. The van der Waals surface area contributed by atoms with Crippen LogP contribution >= 0.6 is 0 Å². The molecule has 1 heterocycles. The van der Waals surface area contributed by atoms with Gasteiger partial charge in [0.15, 0.2) is 0 Å². The summed E-state index contributed by atoms with van der Waals surface area (Å²) in [5.74, 6) is -0.238. The summed E-state index contributed by atoms with van der Waals surface area (Å²) in [6, 6.07) is 0.0628. The van der Waals surface area contributed by atoms with Gasteiger partial charge in [-0.1, -0.05) is 6.08 Å². The molecule has 4 heteroatoms. The lowest BCUT2D eigenvalue weighted by Crippen LogP contribution is -2.49. The minimum Gasteiger partial charge on any atom is -0.469 e. The number of esters is 1. The van der Waals surface area contributed by atoms with Gasteiger partial charge >= 0.3 is 5.97 Å². The molecule has 1 fully saturated rings. The summed E-state index contributed by atoms with van der Waals surface area (Å²) < 4.78 is 4.72. The molecule has 0 radical (unpaired) electrons. The fourth-order valence-electron chi connectivity index (χ4n) is 1.90. The summed E-state index contributed by atoms with van der Waals surface area (Å²) in [5.41, 5.74) is 5.85. The molecule has 2 atom stereocenters. The molecule has 0 unspecified atom stereocenters. The van der Waals surface area contributed by atoms with Crippen molar-refractivity contribution in [1.82, 2.24) is 4.90 Å². The number of likely N-dealkylation sites (tertiary alicyclic amines) is 1. The van der Waals surface area contributed by atoms with Crippen LogP contribution in [0, 0.1) is 5.92 Å². The fraction of sp³-hybridized carbons (Fsp3) is 0.700. The van der Waals surface area contributed by atoms with Gasteiger partial charge in [-0.15, -0.1) is 6.58 Å². The smallest absolute Gasteiger partial charge is 0.310 e. The third-order valence-corrected chi connectivity index (χ3v) is 2.48. The first-order valence-corrected chi connectivity index (χ1v) is 4.84. The zero-order chi connectivity index (χ0) is 10.6. The molecule has 2 N–H and O–H groups in total. The number of hydrogen-bond donors (Lipinski definition) is 1. The molecule has 0 amide bonds. The van der Waals surface area contributed by atoms with Gasteiger partial charge in [0.1, 0.15) is 0 Å². The number of piperidine rings is 1. The van der Waals surface area contributed by atoms with E-state index < -0.39 is 0 Å². The lowest BCUT2D eigenvalue weighted by molar-refractivity contribution is -0.147. The molecule has 0 spiro atoms. The topological polar surface area (TPSA) is 55.6 Å². The lowest BCUT2D eigenvalue weighted by atomic mass is 9.95. The van der Waals surface area contributed by atoms with Gasteiger partial charge in [-0.05, 0) is 6.42 Å². The Morgan fingerprint density at radius 1 is 1.71 bits per heavy atom. The minimum atomic E-state index is -0.158. The van der Waals surface area contributed by atoms with Crippen molar-refractivity contribution in [3.63, 3.8) is 0 Å². The molecule has 1 aliphatic rings. The van der Waals surface area contributed by atoms with E-state index in [4.69, 9.17) is 10.5 Å². The van der Waals surface area contributed by atoms with Gasteiger partial charge in [0.2, 0.25) is 0 Å². The second kappa shape index (κ2) is 5.12. The zero-order valence-electron chi connectivity index (χ0n) is 8.61. The minimum absolute atomic E-state index is 0.0628. The van der Waals surface area contributed by atoms with Crippen LogP contribution < -0.4 is 5.73 Å². The first-order valence-electron chi connectivity index (χ1n) is 4.84. The number of nitrogens with zero attached hydrogens (tertiary/aromatic N) is 1. The molecule has 0 saturated carbocycles. The Kier molecular flexibility index (Phi) is 4.10. The van der Waals surface area contributed by atoms with E-state index in [2.05, 4.69) is 11.5 Å². The highest BCUT2D eigenvalue weighted by molar-refractivity contribution is 5.72. The Balaban J connectivity index is 2.53. The average molecular weight is 198 g/mol. The van der Waals surface area contributed by atoms with Gasteiger partial charge in [0, 0.05) is 25.7 Å². The monoisotopic (exact) mass is 198 g/mol. The van der Waals surface area contributed by atoms with Crippen LogP contribution in [0.4, 0.5) is 0 Å². The molecule has 0 aromatic heterocycles. The van der Waals surface area contributed by atoms with Gasteiger partial charge in [0.25, 0.3) is 0 Å². The third kappa shape index (κ3) is 2.82. The number of carbonyl (C=O) groups is 1. The highest BCUT2D eigenvalue weighted by atomic mass is 16.5. The van der Waals surface area contributed by atoms with Gasteiger partial charge in [-0.25, -0.2) is 0 Å². The molecule has 0 bridgehead atoms. The summed E-state index contributed by atoms with van der Waals surface area (Å²) in [5, 5.41) is 0. The van der Waals surface area contributed by atoms with Crippen molar-refractivity contribution in [3.05, 3.63) is 12.7 Å². The first kappa shape index (κ1) is 11.2. The van der Waals surface area contributed by atoms with Crippen LogP contribution in [-0.2, 0) is 9.53 Å². The van der Waals surface area contributed by atoms with E-state index in [0.717, 1.165) is 26.1 Å². The highest BCUT2D eigenvalue weighted by Crippen LogP contribution is 2.16. The van der Waals surface area contributed by atoms with Crippen LogP contribution in [0.2, 0.25) is 0 Å². The number of methoxy groups -OCH3 is 1. The Labute approximate surface area is 84.7 Å². The van der Waals surface area contributed by atoms with Crippen LogP contribution in [0.5, 0.6) is 0 Å². The Morgan fingerprint density at radius 2 is 2.43 bits per heavy atom. The molecule has 14 heavy (non-hydrogen) atoms. The molecule has 0 aromatic rings. The highest BCUT2D eigenvalue weighted by Gasteiger charge is 2.29. The molecule has 0 aromatic carbocycles. The number of carbonyl (C=O) groups excluding carboxylic acids is 1. The largest absolute Gasteiger partial charge is 0.469 e. The molecule has 1 saturated heterocycles. The number of rotatable bonds is 3. The predicted octanol–water partition coefficient (Wildman–Crippen LogP) is -0.00540. The molecule has 1 rings (SSSR count). The van der Waals surface area contributed by atoms with Crippen LogP contribution in [0.3, 0.4) is 0 Å². The van der Waals surface area contributed by atoms with Gasteiger partial charge in [-0.3, -0.25) is 9.69 Å². The van der Waals surface area contributed by atoms with Crippen molar-refractivity contribution < 1.29 is 9.53 Å². The Bertz CT molecular complexity index is 218. The quantitative estimate of drug-likeness (QED) is 0.512. The summed E-state index contributed by atoms with van der Waals surface area (Å²) in [6.45, 7) is 6.01. The normalized spacial score (nSPS) is 28.4. The third-order valence-electron chi connectivity index (χ3n) is 2.48. The summed E-state index contributed by atoms with van der Waals surface area (Å²) in [6.07, 6.45) is 2.55. The van der Waals surface area contributed by atoms with Crippen molar-refractivity contribution in [2.75, 3.05) is 26.7 Å². The maximum Gasteiger partial charge on any atom is 0.310 e. The molecule has 4 nitrogen and oxygen atoms in total. The van der Waals surface area contributed by atoms with Crippen LogP contribution in [-0.4, -0.2) is 43.7 Å².